The molecule has 2 heterocycles. The molecule has 0 N–H and O–H groups in total. The van der Waals surface area contributed by atoms with Crippen LogP contribution in [0.5, 0.6) is 0 Å². The third-order valence-electron chi connectivity index (χ3n) is 2.61. The van der Waals surface area contributed by atoms with Crippen molar-refractivity contribution >= 4 is 34.4 Å². The third-order valence-corrected chi connectivity index (χ3v) is 3.76. The lowest BCUT2D eigenvalue weighted by Gasteiger charge is -2.31. The van der Waals surface area contributed by atoms with Gasteiger partial charge in [-0.2, -0.15) is 0 Å². The van der Waals surface area contributed by atoms with E-state index >= 15 is 0 Å². The van der Waals surface area contributed by atoms with E-state index < -0.39 is 0 Å². The summed E-state index contributed by atoms with van der Waals surface area (Å²) in [7, 11) is 0. The highest BCUT2D eigenvalue weighted by molar-refractivity contribution is 7.15. The van der Waals surface area contributed by atoms with E-state index in [1.165, 1.54) is 11.3 Å². The van der Waals surface area contributed by atoms with Crippen LogP contribution in [-0.2, 0) is 4.79 Å². The highest BCUT2D eigenvalue weighted by Crippen LogP contribution is 2.33. The molecule has 1 saturated heterocycles. The maximum atomic E-state index is 11.3. The predicted octanol–water partition coefficient (Wildman–Crippen LogP) is 2.82. The summed E-state index contributed by atoms with van der Waals surface area (Å²) in [6.07, 6.45) is 0.646. The first kappa shape index (κ1) is 9.99. The molecule has 0 amide bonds. The number of thiophene rings is 1. The van der Waals surface area contributed by atoms with Crippen molar-refractivity contribution in [2.75, 3.05) is 18.0 Å². The fraction of sp³-hybridized carbons (Fsp3) is 0.500. The van der Waals surface area contributed by atoms with Gasteiger partial charge in [0.2, 0.25) is 0 Å². The van der Waals surface area contributed by atoms with Gasteiger partial charge in [0.25, 0.3) is 0 Å². The summed E-state index contributed by atoms with van der Waals surface area (Å²) in [5, 5.41) is 1.98. The first-order valence-corrected chi connectivity index (χ1v) is 5.95. The molecular weight excluding hydrogens is 218 g/mol. The van der Waals surface area contributed by atoms with Gasteiger partial charge in [-0.1, -0.05) is 18.5 Å². The Morgan fingerprint density at radius 3 is 3.00 bits per heavy atom. The molecule has 14 heavy (non-hydrogen) atoms. The average molecular weight is 230 g/mol. The van der Waals surface area contributed by atoms with E-state index in [4.69, 9.17) is 11.6 Å². The first-order chi connectivity index (χ1) is 6.68. The summed E-state index contributed by atoms with van der Waals surface area (Å²) >= 11 is 7.59. The summed E-state index contributed by atoms with van der Waals surface area (Å²) in [6, 6.07) is 2.02. The smallest absolute Gasteiger partial charge is 0.139 e. The lowest BCUT2D eigenvalue weighted by Crippen LogP contribution is -2.39. The number of Topliss-reactive ketones (excluding diaryl/α,β-unsaturated/α-hetero) is 1. The maximum Gasteiger partial charge on any atom is 0.139 e. The number of rotatable bonds is 1. The molecule has 1 aliphatic heterocycles. The largest absolute Gasteiger partial charge is 0.368 e. The summed E-state index contributed by atoms with van der Waals surface area (Å²) in [5.41, 5.74) is 1.08. The molecule has 1 aromatic rings. The van der Waals surface area contributed by atoms with E-state index in [0.717, 1.165) is 23.1 Å². The number of hydrogen-bond acceptors (Lipinski definition) is 3. The first-order valence-electron chi connectivity index (χ1n) is 4.69. The zero-order chi connectivity index (χ0) is 10.1. The Labute approximate surface area is 92.5 Å². The van der Waals surface area contributed by atoms with Crippen molar-refractivity contribution in [2.45, 2.75) is 13.3 Å². The normalized spacial score (nSPS) is 22.9. The summed E-state index contributed by atoms with van der Waals surface area (Å²) in [6.45, 7) is 3.59. The SMILES string of the molecule is CC1CN(c2ccsc2Cl)CCC1=O. The van der Waals surface area contributed by atoms with Crippen molar-refractivity contribution in [1.82, 2.24) is 0 Å². The Morgan fingerprint density at radius 2 is 2.43 bits per heavy atom. The van der Waals surface area contributed by atoms with Gasteiger partial charge in [0, 0.05) is 25.4 Å². The van der Waals surface area contributed by atoms with Gasteiger partial charge in [0.15, 0.2) is 0 Å². The molecule has 0 saturated carbocycles. The second-order valence-corrected chi connectivity index (χ2v) is 5.16. The van der Waals surface area contributed by atoms with E-state index in [-0.39, 0.29) is 5.92 Å². The van der Waals surface area contributed by atoms with Crippen LogP contribution in [-0.4, -0.2) is 18.9 Å². The van der Waals surface area contributed by atoms with Gasteiger partial charge in [-0.3, -0.25) is 4.79 Å². The molecule has 1 unspecified atom stereocenters. The minimum Gasteiger partial charge on any atom is -0.368 e. The van der Waals surface area contributed by atoms with Crippen LogP contribution in [0.15, 0.2) is 11.4 Å². The number of ketones is 1. The zero-order valence-electron chi connectivity index (χ0n) is 8.00. The highest BCUT2D eigenvalue weighted by atomic mass is 35.5. The van der Waals surface area contributed by atoms with Crippen LogP contribution < -0.4 is 4.90 Å². The minimum absolute atomic E-state index is 0.139. The van der Waals surface area contributed by atoms with Crippen molar-refractivity contribution < 1.29 is 4.79 Å². The monoisotopic (exact) mass is 229 g/mol. The van der Waals surface area contributed by atoms with E-state index in [0.29, 0.717) is 12.2 Å². The molecule has 0 spiro atoms. The Bertz CT molecular complexity index is 350. The van der Waals surface area contributed by atoms with Gasteiger partial charge < -0.3 is 4.90 Å². The van der Waals surface area contributed by atoms with E-state index in [2.05, 4.69) is 4.90 Å². The highest BCUT2D eigenvalue weighted by Gasteiger charge is 2.24. The molecule has 76 valence electrons. The van der Waals surface area contributed by atoms with E-state index in [1.54, 1.807) is 0 Å². The Balaban J connectivity index is 2.14. The fourth-order valence-corrected chi connectivity index (χ4v) is 2.72. The minimum atomic E-state index is 0.139. The van der Waals surface area contributed by atoms with Gasteiger partial charge in [-0.15, -0.1) is 11.3 Å². The second-order valence-electron chi connectivity index (χ2n) is 3.64. The lowest BCUT2D eigenvalue weighted by molar-refractivity contribution is -0.122. The Morgan fingerprint density at radius 1 is 1.64 bits per heavy atom. The maximum absolute atomic E-state index is 11.3. The second kappa shape index (κ2) is 3.91. The van der Waals surface area contributed by atoms with Crippen molar-refractivity contribution in [1.29, 1.82) is 0 Å². The van der Waals surface area contributed by atoms with E-state index in [1.807, 2.05) is 18.4 Å². The van der Waals surface area contributed by atoms with Gasteiger partial charge in [0.05, 0.1) is 5.69 Å². The van der Waals surface area contributed by atoms with Gasteiger partial charge in [-0.05, 0) is 11.4 Å². The molecule has 1 aliphatic rings. The number of halogens is 1. The molecule has 1 fully saturated rings. The van der Waals surface area contributed by atoms with Crippen LogP contribution >= 0.6 is 22.9 Å². The van der Waals surface area contributed by atoms with Crippen molar-refractivity contribution in [2.24, 2.45) is 5.92 Å². The molecule has 0 aliphatic carbocycles. The number of carbonyl (C=O) groups excluding carboxylic acids is 1. The molecule has 1 aromatic heterocycles. The van der Waals surface area contributed by atoms with Crippen molar-refractivity contribution in [3.63, 3.8) is 0 Å². The third kappa shape index (κ3) is 1.79. The van der Waals surface area contributed by atoms with Crippen LogP contribution in [0.2, 0.25) is 4.34 Å². The number of nitrogens with zero attached hydrogens (tertiary/aromatic N) is 1. The van der Waals surface area contributed by atoms with Gasteiger partial charge in [0.1, 0.15) is 10.1 Å². The quantitative estimate of drug-likeness (QED) is 0.738. The van der Waals surface area contributed by atoms with Gasteiger partial charge >= 0.3 is 0 Å². The standard InChI is InChI=1S/C10H12ClNOS/c1-7-6-12(4-2-9(7)13)8-3-5-14-10(8)11/h3,5,7H,2,4,6H2,1H3. The molecule has 1 atom stereocenters. The van der Waals surface area contributed by atoms with Crippen LogP contribution in [0.1, 0.15) is 13.3 Å². The zero-order valence-corrected chi connectivity index (χ0v) is 9.57. The predicted molar refractivity (Wildman–Crippen MR) is 60.3 cm³/mol. The number of anilines is 1. The Kier molecular flexibility index (Phi) is 2.79. The summed E-state index contributed by atoms with van der Waals surface area (Å²) in [5.74, 6) is 0.507. The number of piperidine rings is 1. The molecule has 0 radical (unpaired) electrons. The molecular formula is C10H12ClNOS. The van der Waals surface area contributed by atoms with Crippen molar-refractivity contribution in [3.8, 4) is 0 Å². The molecule has 0 aromatic carbocycles. The summed E-state index contributed by atoms with van der Waals surface area (Å²) in [4.78, 5) is 13.5. The van der Waals surface area contributed by atoms with Crippen LogP contribution in [0.25, 0.3) is 0 Å². The van der Waals surface area contributed by atoms with Crippen LogP contribution in [0.4, 0.5) is 5.69 Å². The number of hydrogen-bond donors (Lipinski definition) is 0. The lowest BCUT2D eigenvalue weighted by atomic mass is 9.98. The molecule has 2 nitrogen and oxygen atoms in total. The van der Waals surface area contributed by atoms with Crippen LogP contribution in [0, 0.1) is 5.92 Å². The fourth-order valence-electron chi connectivity index (χ4n) is 1.75. The molecule has 4 heteroatoms. The Hall–Kier alpha value is -0.540. The topological polar surface area (TPSA) is 20.3 Å². The molecule has 2 rings (SSSR count). The average Bonchev–Trinajstić information content (AvgIpc) is 2.57. The van der Waals surface area contributed by atoms with Gasteiger partial charge in [-0.25, -0.2) is 0 Å². The molecule has 0 bridgehead atoms. The summed E-state index contributed by atoms with van der Waals surface area (Å²) < 4.78 is 0.826. The number of carbonyl (C=O) groups is 1. The van der Waals surface area contributed by atoms with E-state index in [9.17, 15) is 4.79 Å². The van der Waals surface area contributed by atoms with Crippen molar-refractivity contribution in [3.05, 3.63) is 15.8 Å². The van der Waals surface area contributed by atoms with Crippen LogP contribution in [0.3, 0.4) is 0 Å².